The second kappa shape index (κ2) is 9.69. The van der Waals surface area contributed by atoms with Crippen LogP contribution in [0.2, 0.25) is 5.02 Å². The number of nitrogens with one attached hydrogen (secondary N) is 1. The van der Waals surface area contributed by atoms with Gasteiger partial charge in [-0.1, -0.05) is 35.0 Å². The number of esters is 1. The fourth-order valence-corrected chi connectivity index (χ4v) is 3.74. The SMILES string of the molecule is Cc1cc(-n2c(C)cc(C(=O)COC(=O)CC(NC(N)=O)c3ccccc3Cl)c2C)no1. The van der Waals surface area contributed by atoms with Crippen LogP contribution in [-0.2, 0) is 9.53 Å². The number of hydrogen-bond donors (Lipinski definition) is 2. The van der Waals surface area contributed by atoms with E-state index in [2.05, 4.69) is 10.5 Å². The van der Waals surface area contributed by atoms with Crippen molar-refractivity contribution in [1.29, 1.82) is 0 Å². The molecule has 3 N–H and O–H groups in total. The lowest BCUT2D eigenvalue weighted by Crippen LogP contribution is -2.35. The van der Waals surface area contributed by atoms with Crippen molar-refractivity contribution in [3.63, 3.8) is 0 Å². The molecule has 1 atom stereocenters. The van der Waals surface area contributed by atoms with Crippen LogP contribution in [0.25, 0.3) is 5.82 Å². The van der Waals surface area contributed by atoms with E-state index >= 15 is 0 Å². The Morgan fingerprint density at radius 3 is 2.56 bits per heavy atom. The number of nitrogens with zero attached hydrogens (tertiary/aromatic N) is 2. The summed E-state index contributed by atoms with van der Waals surface area (Å²) in [4.78, 5) is 36.5. The zero-order valence-electron chi connectivity index (χ0n) is 17.8. The normalized spacial score (nSPS) is 11.8. The molecule has 0 fully saturated rings. The van der Waals surface area contributed by atoms with Crippen LogP contribution in [-0.4, -0.2) is 34.1 Å². The van der Waals surface area contributed by atoms with Crippen molar-refractivity contribution >= 4 is 29.4 Å². The highest BCUT2D eigenvalue weighted by Crippen LogP contribution is 2.26. The minimum absolute atomic E-state index is 0.239. The van der Waals surface area contributed by atoms with E-state index in [1.54, 1.807) is 54.8 Å². The van der Waals surface area contributed by atoms with Crippen LogP contribution in [0.3, 0.4) is 0 Å². The molecule has 0 saturated heterocycles. The fourth-order valence-electron chi connectivity index (χ4n) is 3.47. The number of aromatic nitrogens is 2. The zero-order valence-corrected chi connectivity index (χ0v) is 18.6. The Morgan fingerprint density at radius 2 is 1.94 bits per heavy atom. The third-order valence-electron chi connectivity index (χ3n) is 4.91. The number of carbonyl (C=O) groups is 3. The van der Waals surface area contributed by atoms with Crippen molar-refractivity contribution in [2.75, 3.05) is 6.61 Å². The summed E-state index contributed by atoms with van der Waals surface area (Å²) < 4.78 is 12.1. The number of rotatable bonds is 8. The smallest absolute Gasteiger partial charge is 0.312 e. The van der Waals surface area contributed by atoms with Crippen LogP contribution < -0.4 is 11.1 Å². The molecule has 9 nitrogen and oxygen atoms in total. The van der Waals surface area contributed by atoms with Crippen LogP contribution in [0.1, 0.15) is 45.5 Å². The molecule has 0 spiro atoms. The lowest BCUT2D eigenvalue weighted by molar-refractivity contribution is -0.143. The molecule has 2 amide bonds. The van der Waals surface area contributed by atoms with Crippen molar-refractivity contribution < 1.29 is 23.6 Å². The van der Waals surface area contributed by atoms with Crippen LogP contribution >= 0.6 is 11.6 Å². The lowest BCUT2D eigenvalue weighted by Gasteiger charge is -2.18. The van der Waals surface area contributed by atoms with E-state index in [0.29, 0.717) is 33.4 Å². The number of nitrogens with two attached hydrogens (primary N) is 1. The van der Waals surface area contributed by atoms with Crippen molar-refractivity contribution in [2.24, 2.45) is 5.73 Å². The molecule has 168 valence electrons. The molecule has 0 saturated carbocycles. The molecule has 2 aromatic heterocycles. The van der Waals surface area contributed by atoms with Crippen LogP contribution in [0.15, 0.2) is 40.9 Å². The second-order valence-electron chi connectivity index (χ2n) is 7.29. The molecule has 0 aliphatic carbocycles. The van der Waals surface area contributed by atoms with Crippen molar-refractivity contribution in [1.82, 2.24) is 15.0 Å². The molecule has 2 heterocycles. The van der Waals surface area contributed by atoms with Gasteiger partial charge in [-0.15, -0.1) is 0 Å². The minimum Gasteiger partial charge on any atom is -0.457 e. The first-order chi connectivity index (χ1) is 15.2. The van der Waals surface area contributed by atoms with Gasteiger partial charge in [0.25, 0.3) is 0 Å². The quantitative estimate of drug-likeness (QED) is 0.392. The molecule has 3 aromatic rings. The number of aryl methyl sites for hydroxylation is 2. The summed E-state index contributed by atoms with van der Waals surface area (Å²) in [5, 5.41) is 6.83. The summed E-state index contributed by atoms with van der Waals surface area (Å²) in [6.07, 6.45) is -0.239. The van der Waals surface area contributed by atoms with E-state index in [1.165, 1.54) is 0 Å². The first-order valence-electron chi connectivity index (χ1n) is 9.79. The molecule has 0 aliphatic heterocycles. The summed E-state index contributed by atoms with van der Waals surface area (Å²) in [6, 6.07) is 8.61. The van der Waals surface area contributed by atoms with Gasteiger partial charge in [0.1, 0.15) is 5.76 Å². The van der Waals surface area contributed by atoms with Crippen molar-refractivity contribution in [2.45, 2.75) is 33.2 Å². The van der Waals surface area contributed by atoms with Gasteiger partial charge in [0.05, 0.1) is 12.5 Å². The summed E-state index contributed by atoms with van der Waals surface area (Å²) in [5.74, 6) is 0.161. The molecule has 1 unspecified atom stereocenters. The highest BCUT2D eigenvalue weighted by molar-refractivity contribution is 6.31. The van der Waals surface area contributed by atoms with Gasteiger partial charge in [-0.2, -0.15) is 0 Å². The number of carbonyl (C=O) groups excluding carboxylic acids is 3. The van der Waals surface area contributed by atoms with Crippen molar-refractivity contribution in [3.05, 3.63) is 69.7 Å². The minimum atomic E-state index is -0.811. The van der Waals surface area contributed by atoms with Gasteiger partial charge in [-0.05, 0) is 38.5 Å². The number of hydrogen-bond acceptors (Lipinski definition) is 6. The number of benzene rings is 1. The largest absolute Gasteiger partial charge is 0.457 e. The Hall–Kier alpha value is -3.59. The molecular weight excluding hydrogens is 436 g/mol. The molecule has 10 heteroatoms. The Bertz CT molecular complexity index is 1170. The highest BCUT2D eigenvalue weighted by Gasteiger charge is 2.23. The number of urea groups is 1. The van der Waals surface area contributed by atoms with E-state index in [0.717, 1.165) is 5.69 Å². The number of ketones is 1. The monoisotopic (exact) mass is 458 g/mol. The van der Waals surface area contributed by atoms with Gasteiger partial charge in [0, 0.05) is 28.0 Å². The Labute approximate surface area is 189 Å². The average Bonchev–Trinajstić information content (AvgIpc) is 3.27. The molecule has 3 rings (SSSR count). The van der Waals surface area contributed by atoms with Gasteiger partial charge in [-0.25, -0.2) is 4.79 Å². The van der Waals surface area contributed by atoms with Crippen LogP contribution in [0.4, 0.5) is 4.79 Å². The highest BCUT2D eigenvalue weighted by atomic mass is 35.5. The number of Topliss-reactive ketones (excluding diaryl/α,β-unsaturated/α-hetero) is 1. The Kier molecular flexibility index (Phi) is 6.99. The topological polar surface area (TPSA) is 129 Å². The molecule has 0 aliphatic rings. The number of ether oxygens (including phenoxy) is 1. The maximum absolute atomic E-state index is 12.7. The van der Waals surface area contributed by atoms with Crippen molar-refractivity contribution in [3.8, 4) is 5.82 Å². The first-order valence-corrected chi connectivity index (χ1v) is 10.2. The Balaban J connectivity index is 1.68. The zero-order chi connectivity index (χ0) is 23.4. The number of halogens is 1. The number of amides is 2. The second-order valence-corrected chi connectivity index (χ2v) is 7.69. The molecule has 0 bridgehead atoms. The van der Waals surface area contributed by atoms with Crippen LogP contribution in [0, 0.1) is 20.8 Å². The summed E-state index contributed by atoms with van der Waals surface area (Å²) in [5.41, 5.74) is 7.59. The van der Waals surface area contributed by atoms with E-state index in [-0.39, 0.29) is 12.2 Å². The first kappa shape index (κ1) is 23.1. The third kappa shape index (κ3) is 5.17. The molecule has 1 aromatic carbocycles. The average molecular weight is 459 g/mol. The molecule has 0 radical (unpaired) electrons. The van der Waals surface area contributed by atoms with Gasteiger partial charge >= 0.3 is 12.0 Å². The predicted octanol–water partition coefficient (Wildman–Crippen LogP) is 3.57. The van der Waals surface area contributed by atoms with E-state index < -0.39 is 24.6 Å². The van der Waals surface area contributed by atoms with E-state index in [4.69, 9.17) is 26.6 Å². The summed E-state index contributed by atoms with van der Waals surface area (Å²) in [7, 11) is 0. The molecular formula is C22H23ClN4O5. The van der Waals surface area contributed by atoms with Gasteiger partial charge in [0.15, 0.2) is 12.4 Å². The predicted molar refractivity (Wildman–Crippen MR) is 117 cm³/mol. The molecule has 32 heavy (non-hydrogen) atoms. The third-order valence-corrected chi connectivity index (χ3v) is 5.25. The van der Waals surface area contributed by atoms with Gasteiger partial charge in [-0.3, -0.25) is 14.2 Å². The fraction of sp³-hybridized carbons (Fsp3) is 0.273. The standard InChI is InChI=1S/C22H23ClN4O5/c1-12-8-16(14(3)27(12)20-9-13(2)32-26-20)19(28)11-31-21(29)10-18(25-22(24)30)15-6-4-5-7-17(15)23/h4-9,18H,10-11H2,1-3H3,(H3,24,25,30). The Morgan fingerprint density at radius 1 is 1.22 bits per heavy atom. The van der Waals surface area contributed by atoms with E-state index in [1.807, 2.05) is 6.92 Å². The van der Waals surface area contributed by atoms with Gasteiger partial charge in [0.2, 0.25) is 5.78 Å². The van der Waals surface area contributed by atoms with Gasteiger partial charge < -0.3 is 20.3 Å². The van der Waals surface area contributed by atoms with Crippen LogP contribution in [0.5, 0.6) is 0 Å². The van der Waals surface area contributed by atoms with E-state index in [9.17, 15) is 14.4 Å². The lowest BCUT2D eigenvalue weighted by atomic mass is 10.0. The maximum atomic E-state index is 12.7. The summed E-state index contributed by atoms with van der Waals surface area (Å²) >= 11 is 6.17. The number of primary amides is 1. The maximum Gasteiger partial charge on any atom is 0.312 e. The summed E-state index contributed by atoms with van der Waals surface area (Å²) in [6.45, 7) is 4.94.